The second-order valence-corrected chi connectivity index (χ2v) is 5.69. The van der Waals surface area contributed by atoms with Gasteiger partial charge in [-0.05, 0) is 39.5 Å². The van der Waals surface area contributed by atoms with Gasteiger partial charge in [0.15, 0.2) is 0 Å². The molecule has 7 heteroatoms. The second-order valence-electron chi connectivity index (χ2n) is 5.69. The van der Waals surface area contributed by atoms with Crippen molar-refractivity contribution in [2.24, 2.45) is 5.92 Å². The van der Waals surface area contributed by atoms with Gasteiger partial charge in [-0.15, -0.1) is 0 Å². The molecule has 0 radical (unpaired) electrons. The van der Waals surface area contributed by atoms with Gasteiger partial charge in [0.2, 0.25) is 0 Å². The van der Waals surface area contributed by atoms with Gasteiger partial charge < -0.3 is 4.74 Å². The summed E-state index contributed by atoms with van der Waals surface area (Å²) in [5, 5.41) is 24.5. The van der Waals surface area contributed by atoms with Crippen molar-refractivity contribution in [1.82, 2.24) is 9.78 Å². The zero-order chi connectivity index (χ0) is 14.9. The summed E-state index contributed by atoms with van der Waals surface area (Å²) < 4.78 is 6.97. The van der Waals surface area contributed by atoms with E-state index in [1.807, 2.05) is 0 Å². The van der Waals surface area contributed by atoms with E-state index in [0.717, 1.165) is 12.8 Å². The van der Waals surface area contributed by atoms with Crippen LogP contribution in [0.3, 0.4) is 0 Å². The summed E-state index contributed by atoms with van der Waals surface area (Å²) in [6.45, 7) is 5.30. The third-order valence-corrected chi connectivity index (χ3v) is 3.65. The fourth-order valence-corrected chi connectivity index (χ4v) is 2.12. The van der Waals surface area contributed by atoms with E-state index in [-0.39, 0.29) is 17.3 Å². The van der Waals surface area contributed by atoms with E-state index in [9.17, 15) is 15.4 Å². The van der Waals surface area contributed by atoms with Crippen molar-refractivity contribution >= 4 is 5.69 Å². The van der Waals surface area contributed by atoms with E-state index in [2.05, 4.69) is 11.2 Å². The molecule has 1 aliphatic carbocycles. The Morgan fingerprint density at radius 3 is 2.70 bits per heavy atom. The molecule has 1 saturated carbocycles. The molecule has 2 rings (SSSR count). The highest BCUT2D eigenvalue weighted by Gasteiger charge is 2.35. The second kappa shape index (κ2) is 5.12. The minimum absolute atomic E-state index is 0.0888. The van der Waals surface area contributed by atoms with Crippen molar-refractivity contribution in [3.8, 4) is 11.9 Å². The van der Waals surface area contributed by atoms with Crippen LogP contribution in [0.15, 0.2) is 0 Å². The Balaban J connectivity index is 2.38. The molecule has 0 N–H and O–H groups in total. The Morgan fingerprint density at radius 1 is 1.60 bits per heavy atom. The molecule has 1 aromatic rings. The lowest BCUT2D eigenvalue weighted by Crippen LogP contribution is -2.28. The van der Waals surface area contributed by atoms with Gasteiger partial charge in [-0.25, -0.2) is 4.68 Å². The zero-order valence-corrected chi connectivity index (χ0v) is 11.9. The van der Waals surface area contributed by atoms with Crippen LogP contribution in [0.25, 0.3) is 0 Å². The summed E-state index contributed by atoms with van der Waals surface area (Å²) >= 11 is 0. The van der Waals surface area contributed by atoms with E-state index in [1.165, 1.54) is 11.1 Å². The quantitative estimate of drug-likeness (QED) is 0.609. The fraction of sp³-hybridized carbons (Fsp3) is 0.692. The van der Waals surface area contributed by atoms with Crippen LogP contribution in [-0.4, -0.2) is 21.3 Å². The molecule has 0 atom stereocenters. The standard InChI is InChI=1S/C13H18N4O3/c1-9-11(17(18)19)12(20-7-10-5-4-6-10)16(15-9)13(2,3)8-14/h10H,4-7H2,1-3H3. The van der Waals surface area contributed by atoms with E-state index in [0.29, 0.717) is 12.5 Å². The van der Waals surface area contributed by atoms with Crippen LogP contribution in [0.2, 0.25) is 0 Å². The molecule has 7 nitrogen and oxygen atoms in total. The normalized spacial score (nSPS) is 15.5. The van der Waals surface area contributed by atoms with E-state index < -0.39 is 10.5 Å². The smallest absolute Gasteiger partial charge is 0.353 e. The van der Waals surface area contributed by atoms with Gasteiger partial charge in [-0.3, -0.25) is 10.1 Å². The molecule has 0 amide bonds. The van der Waals surface area contributed by atoms with Gasteiger partial charge >= 0.3 is 5.69 Å². The maximum Gasteiger partial charge on any atom is 0.353 e. The Morgan fingerprint density at radius 2 is 2.25 bits per heavy atom. The van der Waals surface area contributed by atoms with Crippen LogP contribution in [-0.2, 0) is 5.54 Å². The Kier molecular flexibility index (Phi) is 3.66. The minimum atomic E-state index is -0.992. The van der Waals surface area contributed by atoms with Crippen molar-refractivity contribution in [3.05, 3.63) is 15.8 Å². The lowest BCUT2D eigenvalue weighted by molar-refractivity contribution is -0.386. The minimum Gasteiger partial charge on any atom is -0.473 e. The molecule has 0 unspecified atom stereocenters. The predicted octanol–water partition coefficient (Wildman–Crippen LogP) is 2.54. The number of hydrogen-bond donors (Lipinski definition) is 0. The summed E-state index contributed by atoms with van der Waals surface area (Å²) in [5.74, 6) is 0.536. The molecular weight excluding hydrogens is 260 g/mol. The molecule has 0 spiro atoms. The van der Waals surface area contributed by atoms with Gasteiger partial charge in [0.25, 0.3) is 5.88 Å². The van der Waals surface area contributed by atoms with Crippen LogP contribution in [0.1, 0.15) is 38.8 Å². The van der Waals surface area contributed by atoms with Crippen molar-refractivity contribution in [1.29, 1.82) is 5.26 Å². The first kappa shape index (κ1) is 14.3. The van der Waals surface area contributed by atoms with Crippen molar-refractivity contribution < 1.29 is 9.66 Å². The van der Waals surface area contributed by atoms with Crippen LogP contribution in [0.4, 0.5) is 5.69 Å². The zero-order valence-electron chi connectivity index (χ0n) is 11.9. The van der Waals surface area contributed by atoms with E-state index >= 15 is 0 Å². The maximum atomic E-state index is 11.2. The Labute approximate surface area is 117 Å². The third-order valence-electron chi connectivity index (χ3n) is 3.65. The lowest BCUT2D eigenvalue weighted by Gasteiger charge is -2.26. The molecule has 0 aliphatic heterocycles. The Bertz CT molecular complexity index is 567. The average molecular weight is 278 g/mol. The predicted molar refractivity (Wildman–Crippen MR) is 71.4 cm³/mol. The van der Waals surface area contributed by atoms with E-state index in [1.54, 1.807) is 20.8 Å². The van der Waals surface area contributed by atoms with Gasteiger partial charge in [-0.1, -0.05) is 6.42 Å². The number of ether oxygens (including phenoxy) is 1. The number of nitrogens with zero attached hydrogens (tertiary/aromatic N) is 4. The molecular formula is C13H18N4O3. The highest BCUT2D eigenvalue weighted by atomic mass is 16.6. The first-order chi connectivity index (χ1) is 9.36. The molecule has 1 aromatic heterocycles. The number of aromatic nitrogens is 2. The molecule has 1 aliphatic rings. The summed E-state index contributed by atoms with van der Waals surface area (Å²) in [5.41, 5.74) is -0.872. The molecule has 1 heterocycles. The SMILES string of the molecule is Cc1nn(C(C)(C)C#N)c(OCC2CCC2)c1[N+](=O)[O-]. The molecule has 108 valence electrons. The number of rotatable bonds is 5. The van der Waals surface area contributed by atoms with Crippen molar-refractivity contribution in [2.75, 3.05) is 6.61 Å². The highest BCUT2D eigenvalue weighted by molar-refractivity contribution is 5.46. The average Bonchev–Trinajstić information content (AvgIpc) is 2.65. The summed E-state index contributed by atoms with van der Waals surface area (Å²) in [4.78, 5) is 10.7. The number of aryl methyl sites for hydroxylation is 1. The van der Waals surface area contributed by atoms with Crippen LogP contribution in [0, 0.1) is 34.3 Å². The summed E-state index contributed by atoms with van der Waals surface area (Å²) in [7, 11) is 0. The molecule has 0 bridgehead atoms. The molecule has 20 heavy (non-hydrogen) atoms. The third kappa shape index (κ3) is 2.46. The van der Waals surface area contributed by atoms with Gasteiger partial charge in [0.05, 0.1) is 17.6 Å². The topological polar surface area (TPSA) is 94.0 Å². The summed E-state index contributed by atoms with van der Waals surface area (Å²) in [6, 6.07) is 2.09. The lowest BCUT2D eigenvalue weighted by atomic mass is 9.86. The number of nitro groups is 1. The fourth-order valence-electron chi connectivity index (χ4n) is 2.12. The first-order valence-electron chi connectivity index (χ1n) is 6.65. The van der Waals surface area contributed by atoms with Crippen LogP contribution in [0.5, 0.6) is 5.88 Å². The van der Waals surface area contributed by atoms with Gasteiger partial charge in [0, 0.05) is 0 Å². The number of hydrogen-bond acceptors (Lipinski definition) is 5. The van der Waals surface area contributed by atoms with Crippen molar-refractivity contribution in [2.45, 2.75) is 45.6 Å². The largest absolute Gasteiger partial charge is 0.473 e. The Hall–Kier alpha value is -2.10. The van der Waals surface area contributed by atoms with Gasteiger partial charge in [0.1, 0.15) is 11.2 Å². The number of nitriles is 1. The summed E-state index contributed by atoms with van der Waals surface area (Å²) in [6.07, 6.45) is 3.35. The molecule has 0 saturated heterocycles. The molecule has 0 aromatic carbocycles. The first-order valence-corrected chi connectivity index (χ1v) is 6.65. The van der Waals surface area contributed by atoms with Crippen molar-refractivity contribution in [3.63, 3.8) is 0 Å². The highest BCUT2D eigenvalue weighted by Crippen LogP contribution is 2.36. The van der Waals surface area contributed by atoms with E-state index in [4.69, 9.17) is 4.74 Å². The maximum absolute atomic E-state index is 11.2. The van der Waals surface area contributed by atoms with Crippen LogP contribution < -0.4 is 4.74 Å². The molecule has 1 fully saturated rings. The monoisotopic (exact) mass is 278 g/mol. The van der Waals surface area contributed by atoms with Crippen LogP contribution >= 0.6 is 0 Å². The van der Waals surface area contributed by atoms with Gasteiger partial charge in [-0.2, -0.15) is 10.4 Å².